The highest BCUT2D eigenvalue weighted by Gasteiger charge is 1.96. The Balaban J connectivity index is 2.23. The van der Waals surface area contributed by atoms with Crippen LogP contribution < -0.4 is 16.8 Å². The SMILES string of the molecule is CCCCCCCCN=C(N)NC(N)=NCc1ccc(C)cc1. The van der Waals surface area contributed by atoms with Gasteiger partial charge in [-0.15, -0.1) is 0 Å². The fourth-order valence-electron chi connectivity index (χ4n) is 2.17. The number of hydrogen-bond acceptors (Lipinski definition) is 2. The molecule has 5 heteroatoms. The van der Waals surface area contributed by atoms with Crippen molar-refractivity contribution < 1.29 is 0 Å². The zero-order valence-corrected chi connectivity index (χ0v) is 14.5. The van der Waals surface area contributed by atoms with Crippen LogP contribution in [0.25, 0.3) is 0 Å². The van der Waals surface area contributed by atoms with Gasteiger partial charge in [-0.25, -0.2) is 4.99 Å². The van der Waals surface area contributed by atoms with Gasteiger partial charge in [0.05, 0.1) is 6.54 Å². The lowest BCUT2D eigenvalue weighted by Gasteiger charge is -2.05. The van der Waals surface area contributed by atoms with E-state index < -0.39 is 0 Å². The third-order valence-corrected chi connectivity index (χ3v) is 3.60. The average Bonchev–Trinajstić information content (AvgIpc) is 2.53. The van der Waals surface area contributed by atoms with Crippen molar-refractivity contribution in [1.29, 1.82) is 0 Å². The molecule has 0 saturated heterocycles. The summed E-state index contributed by atoms with van der Waals surface area (Å²) in [6, 6.07) is 8.21. The van der Waals surface area contributed by atoms with Crippen molar-refractivity contribution in [3.05, 3.63) is 35.4 Å². The standard InChI is InChI=1S/C18H31N5/c1-3-4-5-6-7-8-13-21-17(19)23-18(20)22-14-16-11-9-15(2)10-12-16/h9-12H,3-8,13-14H2,1-2H3,(H5,19,20,21,22,23). The topological polar surface area (TPSA) is 88.8 Å². The van der Waals surface area contributed by atoms with E-state index in [4.69, 9.17) is 11.5 Å². The number of unbranched alkanes of at least 4 members (excludes halogenated alkanes) is 5. The van der Waals surface area contributed by atoms with Gasteiger partial charge in [0, 0.05) is 6.54 Å². The van der Waals surface area contributed by atoms with E-state index in [1.54, 1.807) is 0 Å². The lowest BCUT2D eigenvalue weighted by Crippen LogP contribution is -2.41. The van der Waals surface area contributed by atoms with Gasteiger partial charge in [-0.2, -0.15) is 0 Å². The molecule has 0 saturated carbocycles. The molecule has 0 aliphatic carbocycles. The van der Waals surface area contributed by atoms with Crippen LogP contribution in [0.5, 0.6) is 0 Å². The number of guanidine groups is 2. The largest absolute Gasteiger partial charge is 0.370 e. The second kappa shape index (κ2) is 11.5. The lowest BCUT2D eigenvalue weighted by molar-refractivity contribution is 0.612. The van der Waals surface area contributed by atoms with Gasteiger partial charge in [-0.3, -0.25) is 10.3 Å². The van der Waals surface area contributed by atoms with E-state index in [0.29, 0.717) is 18.5 Å². The summed E-state index contributed by atoms with van der Waals surface area (Å²) in [6.45, 7) is 5.55. The van der Waals surface area contributed by atoms with Crippen LogP contribution >= 0.6 is 0 Å². The summed E-state index contributed by atoms with van der Waals surface area (Å²) < 4.78 is 0. The first-order valence-corrected chi connectivity index (χ1v) is 8.54. The Morgan fingerprint density at radius 2 is 1.52 bits per heavy atom. The number of hydrogen-bond donors (Lipinski definition) is 3. The quantitative estimate of drug-likeness (QED) is 0.371. The van der Waals surface area contributed by atoms with Crippen LogP contribution in [-0.4, -0.2) is 18.5 Å². The zero-order valence-electron chi connectivity index (χ0n) is 14.5. The van der Waals surface area contributed by atoms with Crippen LogP contribution in [-0.2, 0) is 6.54 Å². The van der Waals surface area contributed by atoms with Gasteiger partial charge in [0.2, 0.25) is 0 Å². The first-order valence-electron chi connectivity index (χ1n) is 8.54. The van der Waals surface area contributed by atoms with Gasteiger partial charge < -0.3 is 11.5 Å². The van der Waals surface area contributed by atoms with E-state index in [1.165, 1.54) is 37.7 Å². The summed E-state index contributed by atoms with van der Waals surface area (Å²) in [5.41, 5.74) is 14.0. The molecule has 0 heterocycles. The number of nitrogens with zero attached hydrogens (tertiary/aromatic N) is 2. The van der Waals surface area contributed by atoms with E-state index in [1.807, 2.05) is 12.1 Å². The summed E-state index contributed by atoms with van der Waals surface area (Å²) in [5.74, 6) is 0.637. The fraction of sp³-hybridized carbons (Fsp3) is 0.556. The van der Waals surface area contributed by atoms with Gasteiger partial charge in [0.1, 0.15) is 0 Å². The average molecular weight is 317 g/mol. The number of rotatable bonds is 9. The number of nitrogens with two attached hydrogens (primary N) is 2. The highest BCUT2D eigenvalue weighted by molar-refractivity contribution is 5.96. The smallest absolute Gasteiger partial charge is 0.195 e. The van der Waals surface area contributed by atoms with Crippen molar-refractivity contribution in [3.8, 4) is 0 Å². The minimum atomic E-state index is 0.301. The molecular formula is C18H31N5. The molecule has 0 aliphatic heterocycles. The first kappa shape index (κ1) is 19.0. The van der Waals surface area contributed by atoms with Crippen molar-refractivity contribution in [3.63, 3.8) is 0 Å². The maximum absolute atomic E-state index is 5.82. The molecule has 0 radical (unpaired) electrons. The van der Waals surface area contributed by atoms with Crippen LogP contribution in [0.4, 0.5) is 0 Å². The Hall–Kier alpha value is -2.04. The predicted octanol–water partition coefficient (Wildman–Crippen LogP) is 3.07. The summed E-state index contributed by atoms with van der Waals surface area (Å²) in [7, 11) is 0. The maximum Gasteiger partial charge on any atom is 0.195 e. The molecule has 0 aliphatic rings. The van der Waals surface area contributed by atoms with Gasteiger partial charge in [0.25, 0.3) is 0 Å². The van der Waals surface area contributed by atoms with Crippen molar-refractivity contribution >= 4 is 11.9 Å². The Bertz CT molecular complexity index is 491. The van der Waals surface area contributed by atoms with Gasteiger partial charge in [-0.05, 0) is 18.9 Å². The van der Waals surface area contributed by atoms with E-state index in [-0.39, 0.29) is 0 Å². The highest BCUT2D eigenvalue weighted by atomic mass is 15.2. The maximum atomic E-state index is 5.82. The Morgan fingerprint density at radius 1 is 0.913 bits per heavy atom. The molecule has 1 rings (SSSR count). The molecule has 0 amide bonds. The monoisotopic (exact) mass is 317 g/mol. The molecule has 5 N–H and O–H groups in total. The molecule has 0 atom stereocenters. The molecule has 1 aromatic rings. The van der Waals surface area contributed by atoms with Crippen molar-refractivity contribution in [2.75, 3.05) is 6.54 Å². The van der Waals surface area contributed by atoms with E-state index in [9.17, 15) is 0 Å². The lowest BCUT2D eigenvalue weighted by atomic mass is 10.1. The molecule has 0 aromatic heterocycles. The van der Waals surface area contributed by atoms with Crippen LogP contribution in [0.3, 0.4) is 0 Å². The molecule has 0 spiro atoms. The van der Waals surface area contributed by atoms with Crippen molar-refractivity contribution in [2.45, 2.75) is 58.9 Å². The third-order valence-electron chi connectivity index (χ3n) is 3.60. The van der Waals surface area contributed by atoms with Crippen LogP contribution in [0, 0.1) is 6.92 Å². The van der Waals surface area contributed by atoms with Crippen molar-refractivity contribution in [1.82, 2.24) is 5.32 Å². The van der Waals surface area contributed by atoms with Crippen molar-refractivity contribution in [2.24, 2.45) is 21.5 Å². The van der Waals surface area contributed by atoms with Crippen LogP contribution in [0.1, 0.15) is 56.6 Å². The van der Waals surface area contributed by atoms with E-state index in [0.717, 1.165) is 18.5 Å². The van der Waals surface area contributed by atoms with E-state index in [2.05, 4.69) is 41.3 Å². The number of nitrogens with one attached hydrogen (secondary N) is 1. The normalized spacial score (nSPS) is 12.4. The predicted molar refractivity (Wildman–Crippen MR) is 99.5 cm³/mol. The summed E-state index contributed by atoms with van der Waals surface area (Å²) >= 11 is 0. The molecule has 5 nitrogen and oxygen atoms in total. The van der Waals surface area contributed by atoms with Crippen LogP contribution in [0.2, 0.25) is 0 Å². The zero-order chi connectivity index (χ0) is 16.9. The second-order valence-electron chi connectivity index (χ2n) is 5.85. The fourth-order valence-corrected chi connectivity index (χ4v) is 2.17. The summed E-state index contributed by atoms with van der Waals surface area (Å²) in [4.78, 5) is 8.54. The first-order chi connectivity index (χ1) is 11.1. The molecular weight excluding hydrogens is 286 g/mol. The molecule has 0 fully saturated rings. The molecule has 0 unspecified atom stereocenters. The number of aryl methyl sites for hydroxylation is 1. The number of benzene rings is 1. The Kier molecular flexibility index (Phi) is 9.52. The molecule has 23 heavy (non-hydrogen) atoms. The second-order valence-corrected chi connectivity index (χ2v) is 5.85. The Morgan fingerprint density at radius 3 is 2.22 bits per heavy atom. The molecule has 0 bridgehead atoms. The number of aliphatic imine (C=N–C) groups is 2. The van der Waals surface area contributed by atoms with Crippen LogP contribution in [0.15, 0.2) is 34.3 Å². The van der Waals surface area contributed by atoms with Gasteiger partial charge >= 0.3 is 0 Å². The van der Waals surface area contributed by atoms with Gasteiger partial charge in [0.15, 0.2) is 11.9 Å². The molecule has 1 aromatic carbocycles. The Labute approximate surface area is 140 Å². The minimum absolute atomic E-state index is 0.301. The third kappa shape index (κ3) is 9.55. The van der Waals surface area contributed by atoms with E-state index >= 15 is 0 Å². The summed E-state index contributed by atoms with van der Waals surface area (Å²) in [6.07, 6.45) is 7.45. The van der Waals surface area contributed by atoms with Gasteiger partial charge in [-0.1, -0.05) is 68.9 Å². The minimum Gasteiger partial charge on any atom is -0.370 e. The highest BCUT2D eigenvalue weighted by Crippen LogP contribution is 2.05. The summed E-state index contributed by atoms with van der Waals surface area (Å²) in [5, 5.41) is 2.83. The molecule has 128 valence electrons.